The zero-order chi connectivity index (χ0) is 17.3. The van der Waals surface area contributed by atoms with Crippen molar-refractivity contribution in [3.8, 4) is 28.9 Å². The maximum absolute atomic E-state index is 5.67. The monoisotopic (exact) mass is 347 g/mol. The van der Waals surface area contributed by atoms with Gasteiger partial charge in [0, 0.05) is 16.2 Å². The summed E-state index contributed by atoms with van der Waals surface area (Å²) >= 11 is 0. The smallest absolute Gasteiger partial charge is 0.231 e. The highest BCUT2D eigenvalue weighted by Crippen LogP contribution is 2.46. The molecule has 128 valence electrons. The average molecular weight is 347 g/mol. The van der Waals surface area contributed by atoms with E-state index in [1.165, 1.54) is 0 Å². The van der Waals surface area contributed by atoms with E-state index in [2.05, 4.69) is 12.1 Å². The van der Waals surface area contributed by atoms with E-state index in [-0.39, 0.29) is 13.6 Å². The molecule has 3 heterocycles. The Morgan fingerprint density at radius 2 is 1.58 bits per heavy atom. The van der Waals surface area contributed by atoms with Crippen LogP contribution < -0.4 is 23.7 Å². The zero-order valence-electron chi connectivity index (χ0n) is 13.9. The van der Waals surface area contributed by atoms with Crippen LogP contribution in [-0.4, -0.2) is 25.7 Å². The molecule has 0 bridgehead atoms. The van der Waals surface area contributed by atoms with E-state index in [1.807, 2.05) is 24.3 Å². The number of rotatable bonds is 1. The van der Waals surface area contributed by atoms with Crippen LogP contribution in [-0.2, 0) is 0 Å². The first-order chi connectivity index (χ1) is 12.8. The van der Waals surface area contributed by atoms with E-state index in [0.717, 1.165) is 43.9 Å². The molecular weight excluding hydrogens is 334 g/mol. The summed E-state index contributed by atoms with van der Waals surface area (Å²) in [6.45, 7) is 0.448. The SMILES string of the molecule is COc1nc2c3cc4c(cc3ccc2c2ccc3c(c12)OCO3)OCO4. The highest BCUT2D eigenvalue weighted by Gasteiger charge is 2.23. The van der Waals surface area contributed by atoms with Crippen molar-refractivity contribution >= 4 is 32.4 Å². The molecule has 0 fully saturated rings. The molecule has 0 amide bonds. The molecule has 6 nitrogen and oxygen atoms in total. The predicted octanol–water partition coefficient (Wildman–Crippen LogP) is 4.01. The molecule has 0 aliphatic carbocycles. The van der Waals surface area contributed by atoms with Crippen LogP contribution in [0.4, 0.5) is 0 Å². The highest BCUT2D eigenvalue weighted by atomic mass is 16.7. The van der Waals surface area contributed by atoms with Gasteiger partial charge < -0.3 is 23.7 Å². The molecule has 4 aromatic rings. The van der Waals surface area contributed by atoms with Gasteiger partial charge >= 0.3 is 0 Å². The lowest BCUT2D eigenvalue weighted by atomic mass is 10.00. The minimum Gasteiger partial charge on any atom is -0.480 e. The molecule has 2 aliphatic heterocycles. The number of benzene rings is 3. The number of aromatic nitrogens is 1. The second kappa shape index (κ2) is 4.82. The summed E-state index contributed by atoms with van der Waals surface area (Å²) in [6.07, 6.45) is 0. The number of pyridine rings is 1. The Balaban J connectivity index is 1.79. The molecule has 0 saturated heterocycles. The van der Waals surface area contributed by atoms with Gasteiger partial charge in [0.05, 0.1) is 18.0 Å². The summed E-state index contributed by atoms with van der Waals surface area (Å²) in [4.78, 5) is 4.80. The number of hydrogen-bond donors (Lipinski definition) is 0. The number of fused-ring (bicyclic) bond motifs is 8. The Labute approximate surface area is 147 Å². The van der Waals surface area contributed by atoms with Crippen LogP contribution >= 0.6 is 0 Å². The van der Waals surface area contributed by atoms with Crippen LogP contribution in [0.15, 0.2) is 36.4 Å². The van der Waals surface area contributed by atoms with E-state index < -0.39 is 0 Å². The summed E-state index contributed by atoms with van der Waals surface area (Å²) in [7, 11) is 1.61. The van der Waals surface area contributed by atoms with Crippen molar-refractivity contribution in [1.82, 2.24) is 4.98 Å². The van der Waals surface area contributed by atoms with Crippen LogP contribution in [0.5, 0.6) is 28.9 Å². The van der Waals surface area contributed by atoms with Crippen molar-refractivity contribution in [1.29, 1.82) is 0 Å². The number of ether oxygens (including phenoxy) is 5. The van der Waals surface area contributed by atoms with Crippen LogP contribution in [0, 0.1) is 0 Å². The lowest BCUT2D eigenvalue weighted by Gasteiger charge is -2.12. The maximum Gasteiger partial charge on any atom is 0.231 e. The molecule has 0 atom stereocenters. The quantitative estimate of drug-likeness (QED) is 0.485. The van der Waals surface area contributed by atoms with Crippen molar-refractivity contribution in [2.24, 2.45) is 0 Å². The van der Waals surface area contributed by atoms with Gasteiger partial charge in [-0.05, 0) is 29.7 Å². The van der Waals surface area contributed by atoms with Gasteiger partial charge in [-0.25, -0.2) is 4.98 Å². The van der Waals surface area contributed by atoms with E-state index >= 15 is 0 Å². The van der Waals surface area contributed by atoms with Crippen LogP contribution in [0.1, 0.15) is 0 Å². The van der Waals surface area contributed by atoms with Gasteiger partial charge in [-0.2, -0.15) is 0 Å². The fourth-order valence-corrected chi connectivity index (χ4v) is 3.75. The van der Waals surface area contributed by atoms with Crippen molar-refractivity contribution in [2.45, 2.75) is 0 Å². The fourth-order valence-electron chi connectivity index (χ4n) is 3.75. The molecule has 3 aromatic carbocycles. The molecule has 1 aromatic heterocycles. The lowest BCUT2D eigenvalue weighted by molar-refractivity contribution is 0.174. The van der Waals surface area contributed by atoms with Gasteiger partial charge in [0.1, 0.15) is 0 Å². The summed E-state index contributed by atoms with van der Waals surface area (Å²) in [5.74, 6) is 3.39. The molecule has 6 rings (SSSR count). The molecule has 0 N–H and O–H groups in total. The third kappa shape index (κ3) is 1.68. The standard InChI is InChI=1S/C20H13NO5/c1-22-20-17-11(4-5-14-19(17)26-9-23-14)12-3-2-10-6-15-16(25-8-24-15)7-13(10)18(12)21-20/h2-7H,8-9H2,1H3. The predicted molar refractivity (Wildman–Crippen MR) is 95.6 cm³/mol. The summed E-state index contributed by atoms with van der Waals surface area (Å²) in [5.41, 5.74) is 0.851. The first-order valence-electron chi connectivity index (χ1n) is 8.26. The van der Waals surface area contributed by atoms with Crippen molar-refractivity contribution in [3.05, 3.63) is 36.4 Å². The topological polar surface area (TPSA) is 59.0 Å². The fraction of sp³-hybridized carbons (Fsp3) is 0.150. The van der Waals surface area contributed by atoms with Gasteiger partial charge in [-0.3, -0.25) is 0 Å². The largest absolute Gasteiger partial charge is 0.480 e. The number of nitrogens with zero attached hydrogens (tertiary/aromatic N) is 1. The maximum atomic E-state index is 5.67. The van der Waals surface area contributed by atoms with Crippen LogP contribution in [0.2, 0.25) is 0 Å². The Bertz CT molecular complexity index is 1230. The van der Waals surface area contributed by atoms with E-state index in [1.54, 1.807) is 7.11 Å². The molecular formula is C20H13NO5. The second-order valence-electron chi connectivity index (χ2n) is 6.23. The highest BCUT2D eigenvalue weighted by molar-refractivity contribution is 6.18. The van der Waals surface area contributed by atoms with Crippen molar-refractivity contribution < 1.29 is 23.7 Å². The summed E-state index contributed by atoms with van der Waals surface area (Å²) in [6, 6.07) is 12.0. The Kier molecular flexibility index (Phi) is 2.56. The van der Waals surface area contributed by atoms with Gasteiger partial charge in [0.15, 0.2) is 23.0 Å². The Morgan fingerprint density at radius 1 is 0.808 bits per heavy atom. The normalized spacial score (nSPS) is 14.5. The molecule has 26 heavy (non-hydrogen) atoms. The summed E-state index contributed by atoms with van der Waals surface area (Å²) in [5, 5.41) is 4.89. The Morgan fingerprint density at radius 3 is 2.46 bits per heavy atom. The van der Waals surface area contributed by atoms with E-state index in [0.29, 0.717) is 17.4 Å². The van der Waals surface area contributed by atoms with Crippen LogP contribution in [0.25, 0.3) is 32.4 Å². The molecule has 6 heteroatoms. The lowest BCUT2D eigenvalue weighted by Crippen LogP contribution is -1.95. The first kappa shape index (κ1) is 13.8. The zero-order valence-corrected chi connectivity index (χ0v) is 13.9. The second-order valence-corrected chi connectivity index (χ2v) is 6.23. The number of hydrogen-bond acceptors (Lipinski definition) is 6. The van der Waals surface area contributed by atoms with Crippen LogP contribution in [0.3, 0.4) is 0 Å². The third-order valence-corrected chi connectivity index (χ3v) is 4.93. The average Bonchev–Trinajstić information content (AvgIpc) is 3.33. The summed E-state index contributed by atoms with van der Waals surface area (Å²) < 4.78 is 27.8. The Hall–Kier alpha value is -3.41. The van der Waals surface area contributed by atoms with Crippen molar-refractivity contribution in [3.63, 3.8) is 0 Å². The molecule has 0 unspecified atom stereocenters. The first-order valence-corrected chi connectivity index (χ1v) is 8.26. The molecule has 0 radical (unpaired) electrons. The van der Waals surface area contributed by atoms with E-state index in [9.17, 15) is 0 Å². The van der Waals surface area contributed by atoms with E-state index in [4.69, 9.17) is 28.7 Å². The molecule has 2 aliphatic rings. The van der Waals surface area contributed by atoms with Gasteiger partial charge in [0.2, 0.25) is 19.5 Å². The van der Waals surface area contributed by atoms with Gasteiger partial charge in [-0.1, -0.05) is 12.1 Å². The minimum atomic E-state index is 0.205. The minimum absolute atomic E-state index is 0.205. The third-order valence-electron chi connectivity index (χ3n) is 4.93. The molecule has 0 spiro atoms. The molecule has 0 saturated carbocycles. The van der Waals surface area contributed by atoms with Crippen molar-refractivity contribution in [2.75, 3.05) is 20.7 Å². The van der Waals surface area contributed by atoms with Gasteiger partial charge in [-0.15, -0.1) is 0 Å². The number of methoxy groups -OCH3 is 1. The van der Waals surface area contributed by atoms with Gasteiger partial charge in [0.25, 0.3) is 0 Å².